The van der Waals surface area contributed by atoms with Crippen molar-refractivity contribution in [2.75, 3.05) is 43.9 Å². The van der Waals surface area contributed by atoms with Crippen molar-refractivity contribution in [3.05, 3.63) is 24.3 Å². The second kappa shape index (κ2) is 9.00. The molecule has 26 heavy (non-hydrogen) atoms. The van der Waals surface area contributed by atoms with E-state index in [4.69, 9.17) is 0 Å². The van der Waals surface area contributed by atoms with E-state index in [2.05, 4.69) is 33.2 Å². The molecule has 3 amide bonds. The lowest BCUT2D eigenvalue weighted by Crippen LogP contribution is -2.44. The van der Waals surface area contributed by atoms with Crippen LogP contribution in [0.3, 0.4) is 0 Å². The average molecular weight is 359 g/mol. The van der Waals surface area contributed by atoms with Gasteiger partial charge in [0.1, 0.15) is 0 Å². The standard InChI is InChI=1S/C19H29N5O2/c1-24-10-8-17(9-11-24)23-19(26)22-16-6-4-15(5-7-16)21-18(25)13-20-12-14-2-3-14/h4-7,14,17,20H,2-3,8-13H2,1H3,(H,21,25)(H2,22,23,26). The van der Waals surface area contributed by atoms with Crippen LogP contribution in [0.2, 0.25) is 0 Å². The van der Waals surface area contributed by atoms with Crippen LogP contribution in [0.5, 0.6) is 0 Å². The molecule has 0 radical (unpaired) electrons. The molecular formula is C19H29N5O2. The van der Waals surface area contributed by atoms with Gasteiger partial charge in [-0.05, 0) is 82.5 Å². The number of hydrogen-bond donors (Lipinski definition) is 4. The minimum Gasteiger partial charge on any atom is -0.335 e. The number of urea groups is 1. The molecule has 1 aliphatic heterocycles. The molecule has 142 valence electrons. The highest BCUT2D eigenvalue weighted by Gasteiger charge is 2.20. The summed E-state index contributed by atoms with van der Waals surface area (Å²) in [7, 11) is 2.10. The van der Waals surface area contributed by atoms with Gasteiger partial charge in [0.15, 0.2) is 0 Å². The normalized spacial score (nSPS) is 18.3. The molecule has 4 N–H and O–H groups in total. The SMILES string of the molecule is CN1CCC(NC(=O)Nc2ccc(NC(=O)CNCC3CC3)cc2)CC1. The Balaban J connectivity index is 1.37. The molecule has 3 rings (SSSR count). The molecule has 1 heterocycles. The van der Waals surface area contributed by atoms with Crippen LogP contribution in [0.15, 0.2) is 24.3 Å². The molecule has 2 aliphatic rings. The van der Waals surface area contributed by atoms with Crippen molar-refractivity contribution in [3.8, 4) is 0 Å². The molecule has 7 heteroatoms. The number of carbonyl (C=O) groups is 2. The first kappa shape index (κ1) is 18.7. The number of rotatable bonds is 7. The number of likely N-dealkylation sites (tertiary alicyclic amines) is 1. The van der Waals surface area contributed by atoms with E-state index in [0.29, 0.717) is 12.2 Å². The van der Waals surface area contributed by atoms with Crippen molar-refractivity contribution < 1.29 is 9.59 Å². The van der Waals surface area contributed by atoms with E-state index in [1.165, 1.54) is 12.8 Å². The van der Waals surface area contributed by atoms with Gasteiger partial charge in [-0.3, -0.25) is 4.79 Å². The summed E-state index contributed by atoms with van der Waals surface area (Å²) >= 11 is 0. The minimum atomic E-state index is -0.180. The molecular weight excluding hydrogens is 330 g/mol. The quantitative estimate of drug-likeness (QED) is 0.598. The average Bonchev–Trinajstić information content (AvgIpc) is 3.43. The third kappa shape index (κ3) is 6.31. The number of nitrogens with zero attached hydrogens (tertiary/aromatic N) is 1. The molecule has 1 saturated heterocycles. The lowest BCUT2D eigenvalue weighted by Gasteiger charge is -2.29. The monoisotopic (exact) mass is 359 g/mol. The molecule has 1 aromatic carbocycles. The van der Waals surface area contributed by atoms with Crippen LogP contribution in [-0.2, 0) is 4.79 Å². The van der Waals surface area contributed by atoms with Gasteiger partial charge in [-0.2, -0.15) is 0 Å². The summed E-state index contributed by atoms with van der Waals surface area (Å²) in [6, 6.07) is 7.23. The van der Waals surface area contributed by atoms with Crippen LogP contribution < -0.4 is 21.3 Å². The second-order valence-corrected chi connectivity index (χ2v) is 7.38. The van der Waals surface area contributed by atoms with Crippen LogP contribution >= 0.6 is 0 Å². The van der Waals surface area contributed by atoms with Crippen LogP contribution in [0.25, 0.3) is 0 Å². The van der Waals surface area contributed by atoms with Gasteiger partial charge in [-0.15, -0.1) is 0 Å². The summed E-state index contributed by atoms with van der Waals surface area (Å²) in [6.07, 6.45) is 4.50. The van der Waals surface area contributed by atoms with E-state index >= 15 is 0 Å². The van der Waals surface area contributed by atoms with E-state index in [1.54, 1.807) is 24.3 Å². The zero-order valence-corrected chi connectivity index (χ0v) is 15.4. The molecule has 1 aromatic rings. The molecule has 1 saturated carbocycles. The fraction of sp³-hybridized carbons (Fsp3) is 0.579. The molecule has 0 spiro atoms. The zero-order chi connectivity index (χ0) is 18.4. The maximum atomic E-state index is 12.1. The molecule has 0 aromatic heterocycles. The fourth-order valence-corrected chi connectivity index (χ4v) is 3.06. The number of amides is 3. The largest absolute Gasteiger partial charge is 0.335 e. The summed E-state index contributed by atoms with van der Waals surface area (Å²) in [5.74, 6) is 0.709. The van der Waals surface area contributed by atoms with Gasteiger partial charge in [0, 0.05) is 17.4 Å². The highest BCUT2D eigenvalue weighted by molar-refractivity contribution is 5.93. The Bertz CT molecular complexity index is 607. The van der Waals surface area contributed by atoms with Crippen LogP contribution in [-0.4, -0.2) is 56.1 Å². The van der Waals surface area contributed by atoms with E-state index in [0.717, 1.165) is 44.1 Å². The van der Waals surface area contributed by atoms with Gasteiger partial charge in [-0.25, -0.2) is 4.79 Å². The third-order valence-corrected chi connectivity index (χ3v) is 4.90. The van der Waals surface area contributed by atoms with Gasteiger partial charge in [0.2, 0.25) is 5.91 Å². The van der Waals surface area contributed by atoms with E-state index in [1.807, 2.05) is 0 Å². The van der Waals surface area contributed by atoms with Gasteiger partial charge in [0.05, 0.1) is 6.54 Å². The Labute approximate surface area is 154 Å². The summed E-state index contributed by atoms with van der Waals surface area (Å²) in [5, 5.41) is 11.9. The van der Waals surface area contributed by atoms with Crippen LogP contribution in [0.4, 0.5) is 16.2 Å². The molecule has 0 unspecified atom stereocenters. The fourth-order valence-electron chi connectivity index (χ4n) is 3.06. The van der Waals surface area contributed by atoms with Crippen molar-refractivity contribution >= 4 is 23.3 Å². The highest BCUT2D eigenvalue weighted by atomic mass is 16.2. The van der Waals surface area contributed by atoms with Crippen molar-refractivity contribution in [1.29, 1.82) is 0 Å². The van der Waals surface area contributed by atoms with Crippen LogP contribution in [0.1, 0.15) is 25.7 Å². The number of carbonyl (C=O) groups excluding carboxylic acids is 2. The van der Waals surface area contributed by atoms with Gasteiger partial charge in [0.25, 0.3) is 0 Å². The lowest BCUT2D eigenvalue weighted by atomic mass is 10.1. The van der Waals surface area contributed by atoms with Crippen molar-refractivity contribution in [3.63, 3.8) is 0 Å². The maximum absolute atomic E-state index is 12.1. The van der Waals surface area contributed by atoms with E-state index in [-0.39, 0.29) is 18.0 Å². The van der Waals surface area contributed by atoms with Gasteiger partial charge >= 0.3 is 6.03 Å². The number of benzene rings is 1. The first-order valence-electron chi connectivity index (χ1n) is 9.45. The Hall–Kier alpha value is -2.12. The second-order valence-electron chi connectivity index (χ2n) is 7.38. The van der Waals surface area contributed by atoms with Crippen molar-refractivity contribution in [2.24, 2.45) is 5.92 Å². The third-order valence-electron chi connectivity index (χ3n) is 4.90. The predicted molar refractivity (Wildman–Crippen MR) is 103 cm³/mol. The Morgan fingerprint density at radius 3 is 2.23 bits per heavy atom. The lowest BCUT2D eigenvalue weighted by molar-refractivity contribution is -0.115. The predicted octanol–water partition coefficient (Wildman–Crippen LogP) is 1.84. The van der Waals surface area contributed by atoms with E-state index in [9.17, 15) is 9.59 Å². The molecule has 0 bridgehead atoms. The Morgan fingerprint density at radius 2 is 1.62 bits per heavy atom. The topological polar surface area (TPSA) is 85.5 Å². The number of anilines is 2. The minimum absolute atomic E-state index is 0.0497. The smallest absolute Gasteiger partial charge is 0.319 e. The molecule has 1 aliphatic carbocycles. The number of nitrogens with one attached hydrogen (secondary N) is 4. The van der Waals surface area contributed by atoms with Crippen LogP contribution in [0, 0.1) is 5.92 Å². The van der Waals surface area contributed by atoms with Gasteiger partial charge < -0.3 is 26.2 Å². The highest BCUT2D eigenvalue weighted by Crippen LogP contribution is 2.27. The van der Waals surface area contributed by atoms with Crippen molar-refractivity contribution in [2.45, 2.75) is 31.7 Å². The summed E-state index contributed by atoms with van der Waals surface area (Å²) in [6.45, 7) is 3.27. The Kier molecular flexibility index (Phi) is 6.46. The summed E-state index contributed by atoms with van der Waals surface area (Å²) in [5.41, 5.74) is 1.43. The molecule has 7 nitrogen and oxygen atoms in total. The zero-order valence-electron chi connectivity index (χ0n) is 15.4. The first-order chi connectivity index (χ1) is 12.6. The first-order valence-corrected chi connectivity index (χ1v) is 9.45. The summed E-state index contributed by atoms with van der Waals surface area (Å²) in [4.78, 5) is 26.2. The van der Waals surface area contributed by atoms with Gasteiger partial charge in [-0.1, -0.05) is 0 Å². The maximum Gasteiger partial charge on any atom is 0.319 e. The summed E-state index contributed by atoms with van der Waals surface area (Å²) < 4.78 is 0. The number of hydrogen-bond acceptors (Lipinski definition) is 4. The van der Waals surface area contributed by atoms with E-state index < -0.39 is 0 Å². The Morgan fingerprint density at radius 1 is 1.00 bits per heavy atom. The molecule has 2 fully saturated rings. The van der Waals surface area contributed by atoms with Crippen molar-refractivity contribution in [1.82, 2.24) is 15.5 Å². The number of piperidine rings is 1. The molecule has 0 atom stereocenters.